The van der Waals surface area contributed by atoms with Crippen LogP contribution in [-0.4, -0.2) is 35.1 Å². The van der Waals surface area contributed by atoms with Crippen LogP contribution in [-0.2, 0) is 11.3 Å². The molecular weight excluding hydrogens is 364 g/mol. The average Bonchev–Trinajstić information content (AvgIpc) is 3.15. The molecule has 0 N–H and O–H groups in total. The van der Waals surface area contributed by atoms with Crippen molar-refractivity contribution in [3.05, 3.63) is 69.6 Å². The van der Waals surface area contributed by atoms with E-state index in [9.17, 15) is 14.9 Å². The smallest absolute Gasteiger partial charge is 0.341 e. The number of hydrogen-bond donors (Lipinski definition) is 0. The van der Waals surface area contributed by atoms with Gasteiger partial charge in [-0.25, -0.2) is 4.79 Å². The van der Waals surface area contributed by atoms with Crippen molar-refractivity contribution >= 4 is 17.3 Å². The van der Waals surface area contributed by atoms with Gasteiger partial charge >= 0.3 is 5.97 Å². The Balaban J connectivity index is 1.75. The topological polar surface area (TPSA) is 112 Å². The van der Waals surface area contributed by atoms with E-state index in [1.54, 1.807) is 19.0 Å². The highest BCUT2D eigenvalue weighted by Crippen LogP contribution is 2.25. The Morgan fingerprint density at radius 2 is 1.93 bits per heavy atom. The summed E-state index contributed by atoms with van der Waals surface area (Å²) in [6, 6.07) is 11.6. The highest BCUT2D eigenvalue weighted by molar-refractivity contribution is 5.96. The Morgan fingerprint density at radius 1 is 1.21 bits per heavy atom. The first-order valence-corrected chi connectivity index (χ1v) is 8.37. The molecule has 0 fully saturated rings. The second kappa shape index (κ2) is 7.87. The maximum absolute atomic E-state index is 12.5. The number of carbonyl (C=O) groups excluding carboxylic acids is 1. The third-order valence-corrected chi connectivity index (χ3v) is 4.00. The summed E-state index contributed by atoms with van der Waals surface area (Å²) in [7, 11) is 3.45. The monoisotopic (exact) mass is 382 g/mol. The zero-order chi connectivity index (χ0) is 20.3. The predicted octanol–water partition coefficient (Wildman–Crippen LogP) is 3.38. The quantitative estimate of drug-likeness (QED) is 0.362. The van der Waals surface area contributed by atoms with Gasteiger partial charge in [-0.05, 0) is 13.0 Å². The summed E-state index contributed by atoms with van der Waals surface area (Å²) in [4.78, 5) is 28.8. The van der Waals surface area contributed by atoms with E-state index in [1.807, 2.05) is 31.2 Å². The molecule has 1 aromatic heterocycles. The molecule has 0 aliphatic rings. The largest absolute Gasteiger partial charge is 0.452 e. The van der Waals surface area contributed by atoms with Gasteiger partial charge in [0.15, 0.2) is 6.61 Å². The van der Waals surface area contributed by atoms with Crippen molar-refractivity contribution < 1.29 is 19.0 Å². The molecule has 9 nitrogen and oxygen atoms in total. The Bertz CT molecular complexity index is 1010. The minimum atomic E-state index is -0.720. The molecule has 0 saturated heterocycles. The molecule has 9 heteroatoms. The summed E-state index contributed by atoms with van der Waals surface area (Å²) in [5.74, 6) is -0.210. The van der Waals surface area contributed by atoms with Crippen molar-refractivity contribution in [1.82, 2.24) is 10.1 Å². The van der Waals surface area contributed by atoms with Crippen LogP contribution >= 0.6 is 0 Å². The van der Waals surface area contributed by atoms with Gasteiger partial charge in [-0.15, -0.1) is 0 Å². The van der Waals surface area contributed by atoms with Crippen molar-refractivity contribution in [3.63, 3.8) is 0 Å². The van der Waals surface area contributed by atoms with Gasteiger partial charge in [-0.1, -0.05) is 35.0 Å². The summed E-state index contributed by atoms with van der Waals surface area (Å²) in [6.45, 7) is 1.73. The van der Waals surface area contributed by atoms with Crippen molar-refractivity contribution in [1.29, 1.82) is 0 Å². The second-order valence-electron chi connectivity index (χ2n) is 6.31. The molecule has 0 unspecified atom stereocenters. The molecule has 0 atom stereocenters. The molecule has 1 heterocycles. The van der Waals surface area contributed by atoms with Crippen LogP contribution in [0.15, 0.2) is 47.0 Å². The Hall–Kier alpha value is -3.75. The summed E-state index contributed by atoms with van der Waals surface area (Å²) < 4.78 is 10.3. The number of nitro groups is 1. The van der Waals surface area contributed by atoms with Gasteiger partial charge in [0.2, 0.25) is 5.82 Å². The Morgan fingerprint density at radius 3 is 2.57 bits per heavy atom. The van der Waals surface area contributed by atoms with Crippen molar-refractivity contribution in [3.8, 4) is 11.4 Å². The van der Waals surface area contributed by atoms with Crippen molar-refractivity contribution in [2.75, 3.05) is 19.0 Å². The number of hydrogen-bond acceptors (Lipinski definition) is 8. The third-order valence-electron chi connectivity index (χ3n) is 4.00. The highest BCUT2D eigenvalue weighted by Gasteiger charge is 2.20. The number of nitrogens with zero attached hydrogens (tertiary/aromatic N) is 4. The summed E-state index contributed by atoms with van der Waals surface area (Å²) >= 11 is 0. The maximum atomic E-state index is 12.5. The molecule has 28 heavy (non-hydrogen) atoms. The first kappa shape index (κ1) is 19.0. The molecule has 144 valence electrons. The van der Waals surface area contributed by atoms with Gasteiger partial charge in [0.25, 0.3) is 11.6 Å². The van der Waals surface area contributed by atoms with E-state index in [4.69, 9.17) is 9.26 Å². The number of aromatic nitrogens is 2. The maximum Gasteiger partial charge on any atom is 0.341 e. The minimum absolute atomic E-state index is 0.0810. The summed E-state index contributed by atoms with van der Waals surface area (Å²) in [6.07, 6.45) is 0. The number of non-ortho nitro benzene ring substituents is 1. The Labute approximate surface area is 160 Å². The van der Waals surface area contributed by atoms with E-state index in [-0.39, 0.29) is 23.7 Å². The first-order chi connectivity index (χ1) is 13.3. The first-order valence-electron chi connectivity index (χ1n) is 8.37. The molecule has 3 aromatic rings. The number of esters is 1. The molecule has 3 rings (SSSR count). The van der Waals surface area contributed by atoms with Crippen LogP contribution in [0.3, 0.4) is 0 Å². The molecule has 0 radical (unpaired) electrons. The van der Waals surface area contributed by atoms with Crippen LogP contribution in [0.2, 0.25) is 0 Å². The molecule has 0 spiro atoms. The van der Waals surface area contributed by atoms with Gasteiger partial charge in [0.1, 0.15) is 0 Å². The van der Waals surface area contributed by atoms with E-state index in [1.165, 1.54) is 18.2 Å². The number of ether oxygens (including phenoxy) is 1. The summed E-state index contributed by atoms with van der Waals surface area (Å²) in [5.41, 5.74) is 2.27. The summed E-state index contributed by atoms with van der Waals surface area (Å²) in [5, 5.41) is 14.9. The standard InChI is InChI=1S/C19H18N4O5/c1-12-4-6-13(7-5-12)18-20-17(28-21-18)11-27-19(24)15-10-14(23(25)26)8-9-16(15)22(2)3/h4-10H,11H2,1-3H3. The van der Waals surface area contributed by atoms with Crippen LogP contribution < -0.4 is 4.90 Å². The predicted molar refractivity (Wildman–Crippen MR) is 101 cm³/mol. The van der Waals surface area contributed by atoms with E-state index in [0.29, 0.717) is 11.5 Å². The number of nitro benzene ring substituents is 1. The van der Waals surface area contributed by atoms with Gasteiger partial charge in [0.05, 0.1) is 16.2 Å². The van der Waals surface area contributed by atoms with Crippen molar-refractivity contribution in [2.45, 2.75) is 13.5 Å². The normalized spacial score (nSPS) is 10.5. The van der Waals surface area contributed by atoms with Gasteiger partial charge in [-0.3, -0.25) is 10.1 Å². The zero-order valence-corrected chi connectivity index (χ0v) is 15.6. The molecule has 2 aromatic carbocycles. The lowest BCUT2D eigenvalue weighted by molar-refractivity contribution is -0.384. The number of aryl methyl sites for hydroxylation is 1. The van der Waals surface area contributed by atoms with E-state index >= 15 is 0 Å². The fourth-order valence-corrected chi connectivity index (χ4v) is 2.53. The van der Waals surface area contributed by atoms with Gasteiger partial charge in [-0.2, -0.15) is 4.98 Å². The fraction of sp³-hybridized carbons (Fsp3) is 0.211. The van der Waals surface area contributed by atoms with Crippen LogP contribution in [0.4, 0.5) is 11.4 Å². The molecule has 0 aliphatic carbocycles. The van der Waals surface area contributed by atoms with Crippen LogP contribution in [0.5, 0.6) is 0 Å². The van der Waals surface area contributed by atoms with Gasteiger partial charge < -0.3 is 14.2 Å². The third kappa shape index (κ3) is 4.14. The van der Waals surface area contributed by atoms with Crippen molar-refractivity contribution in [2.24, 2.45) is 0 Å². The Kier molecular flexibility index (Phi) is 5.35. The average molecular weight is 382 g/mol. The second-order valence-corrected chi connectivity index (χ2v) is 6.31. The molecular formula is C19H18N4O5. The SMILES string of the molecule is Cc1ccc(-c2noc(COC(=O)c3cc([N+](=O)[O-])ccc3N(C)C)n2)cc1. The van der Waals surface area contributed by atoms with E-state index in [2.05, 4.69) is 10.1 Å². The number of carbonyl (C=O) groups is 1. The lowest BCUT2D eigenvalue weighted by atomic mass is 10.1. The number of anilines is 1. The minimum Gasteiger partial charge on any atom is -0.452 e. The molecule has 0 aliphatic heterocycles. The lowest BCUT2D eigenvalue weighted by Crippen LogP contribution is -2.16. The van der Waals surface area contributed by atoms with E-state index < -0.39 is 10.9 Å². The van der Waals surface area contributed by atoms with Crippen LogP contribution in [0, 0.1) is 17.0 Å². The molecule has 0 saturated carbocycles. The number of benzene rings is 2. The zero-order valence-electron chi connectivity index (χ0n) is 15.6. The van der Waals surface area contributed by atoms with E-state index in [0.717, 1.165) is 11.1 Å². The lowest BCUT2D eigenvalue weighted by Gasteiger charge is -2.16. The number of rotatable bonds is 6. The molecule has 0 bridgehead atoms. The highest BCUT2D eigenvalue weighted by atomic mass is 16.6. The fourth-order valence-electron chi connectivity index (χ4n) is 2.53. The van der Waals surface area contributed by atoms with Crippen LogP contribution in [0.25, 0.3) is 11.4 Å². The van der Waals surface area contributed by atoms with Gasteiger partial charge in [0, 0.05) is 31.8 Å². The molecule has 0 amide bonds. The van der Waals surface area contributed by atoms with Crippen LogP contribution in [0.1, 0.15) is 21.8 Å².